The number of nitrogens with zero attached hydrogens (tertiary/aromatic N) is 1. The van der Waals surface area contributed by atoms with Gasteiger partial charge in [-0.15, -0.1) is 0 Å². The Balaban J connectivity index is 2.21. The highest BCUT2D eigenvalue weighted by Crippen LogP contribution is 2.15. The Morgan fingerprint density at radius 3 is 2.25 bits per heavy atom. The number of nitrogens with one attached hydrogen (secondary N) is 1. The summed E-state index contributed by atoms with van der Waals surface area (Å²) in [4.78, 5) is 27.5. The van der Waals surface area contributed by atoms with Crippen molar-refractivity contribution in [1.29, 1.82) is 0 Å². The second kappa shape index (κ2) is 10.1. The Labute approximate surface area is 169 Å². The van der Waals surface area contributed by atoms with Crippen molar-refractivity contribution in [2.24, 2.45) is 0 Å². The van der Waals surface area contributed by atoms with Crippen LogP contribution in [0.25, 0.3) is 0 Å². The van der Waals surface area contributed by atoms with Crippen LogP contribution in [0.2, 0.25) is 0 Å². The summed E-state index contributed by atoms with van der Waals surface area (Å²) in [5.74, 6) is -0.155. The third-order valence-corrected chi connectivity index (χ3v) is 5.29. The van der Waals surface area contributed by atoms with E-state index in [-0.39, 0.29) is 24.3 Å². The molecule has 0 radical (unpaired) electrons. The van der Waals surface area contributed by atoms with Crippen LogP contribution in [0.5, 0.6) is 0 Å². The lowest BCUT2D eigenvalue weighted by atomic mass is 10.0. The maximum atomic E-state index is 13.2. The lowest BCUT2D eigenvalue weighted by Crippen LogP contribution is -2.49. The van der Waals surface area contributed by atoms with Gasteiger partial charge in [-0.25, -0.2) is 0 Å². The van der Waals surface area contributed by atoms with Crippen LogP contribution in [0, 0.1) is 13.8 Å². The molecule has 2 unspecified atom stereocenters. The lowest BCUT2D eigenvalue weighted by Gasteiger charge is -2.30. The number of aryl methyl sites for hydroxylation is 2. The Kier molecular flexibility index (Phi) is 7.80. The van der Waals surface area contributed by atoms with E-state index in [1.807, 2.05) is 63.2 Å². The summed E-state index contributed by atoms with van der Waals surface area (Å²) >= 11 is 0. The quantitative estimate of drug-likeness (QED) is 0.747. The highest BCUT2D eigenvalue weighted by atomic mass is 16.2. The van der Waals surface area contributed by atoms with Gasteiger partial charge in [-0.2, -0.15) is 0 Å². The van der Waals surface area contributed by atoms with Crippen molar-refractivity contribution >= 4 is 11.8 Å². The van der Waals surface area contributed by atoms with E-state index >= 15 is 0 Å². The van der Waals surface area contributed by atoms with Gasteiger partial charge in [-0.1, -0.05) is 55.5 Å². The smallest absolute Gasteiger partial charge is 0.242 e. The molecule has 4 heteroatoms. The van der Waals surface area contributed by atoms with Crippen molar-refractivity contribution in [3.63, 3.8) is 0 Å². The first-order valence-electron chi connectivity index (χ1n) is 10.0. The van der Waals surface area contributed by atoms with E-state index in [4.69, 9.17) is 0 Å². The molecule has 0 heterocycles. The summed E-state index contributed by atoms with van der Waals surface area (Å²) in [5.41, 5.74) is 4.36. The summed E-state index contributed by atoms with van der Waals surface area (Å²) in [6.45, 7) is 10.3. The Morgan fingerprint density at radius 1 is 0.964 bits per heavy atom. The van der Waals surface area contributed by atoms with Crippen molar-refractivity contribution in [1.82, 2.24) is 10.2 Å². The van der Waals surface area contributed by atoms with Crippen molar-refractivity contribution in [2.45, 2.75) is 66.1 Å². The van der Waals surface area contributed by atoms with Crippen molar-refractivity contribution in [2.75, 3.05) is 0 Å². The zero-order valence-corrected chi connectivity index (χ0v) is 17.7. The topological polar surface area (TPSA) is 49.4 Å². The summed E-state index contributed by atoms with van der Waals surface area (Å²) in [5, 5.41) is 3.00. The molecule has 0 spiro atoms. The highest BCUT2D eigenvalue weighted by Gasteiger charge is 2.26. The van der Waals surface area contributed by atoms with E-state index in [1.165, 1.54) is 11.1 Å². The molecule has 4 nitrogen and oxygen atoms in total. The standard InChI is InChI=1S/C24H32N2O2/c1-6-19(4)25-24(28)20(5)26(16-21-10-8-7-9-11-21)23(27)15-22-13-12-17(2)18(3)14-22/h7-14,19-20H,6,15-16H2,1-5H3,(H,25,28). The molecular weight excluding hydrogens is 348 g/mol. The largest absolute Gasteiger partial charge is 0.352 e. The van der Waals surface area contributed by atoms with Crippen LogP contribution < -0.4 is 5.32 Å². The number of carbonyl (C=O) groups is 2. The van der Waals surface area contributed by atoms with Gasteiger partial charge in [0.05, 0.1) is 6.42 Å². The van der Waals surface area contributed by atoms with E-state index in [0.29, 0.717) is 6.54 Å². The van der Waals surface area contributed by atoms with Gasteiger partial charge in [0.25, 0.3) is 0 Å². The third-order valence-electron chi connectivity index (χ3n) is 5.29. The van der Waals surface area contributed by atoms with Gasteiger partial charge in [-0.3, -0.25) is 9.59 Å². The minimum Gasteiger partial charge on any atom is -0.352 e. The van der Waals surface area contributed by atoms with Gasteiger partial charge in [0, 0.05) is 12.6 Å². The molecular formula is C24H32N2O2. The first kappa shape index (κ1) is 21.7. The summed E-state index contributed by atoms with van der Waals surface area (Å²) in [7, 11) is 0. The minimum absolute atomic E-state index is 0.0427. The van der Waals surface area contributed by atoms with Gasteiger partial charge < -0.3 is 10.2 Å². The summed E-state index contributed by atoms with van der Waals surface area (Å²) < 4.78 is 0. The maximum Gasteiger partial charge on any atom is 0.242 e. The van der Waals surface area contributed by atoms with Crippen molar-refractivity contribution < 1.29 is 9.59 Å². The van der Waals surface area contributed by atoms with Crippen LogP contribution >= 0.6 is 0 Å². The molecule has 0 bridgehead atoms. The molecule has 0 aliphatic heterocycles. The molecule has 2 aromatic carbocycles. The second-order valence-corrected chi connectivity index (χ2v) is 7.60. The predicted molar refractivity (Wildman–Crippen MR) is 114 cm³/mol. The fraction of sp³-hybridized carbons (Fsp3) is 0.417. The van der Waals surface area contributed by atoms with Crippen LogP contribution in [-0.4, -0.2) is 28.8 Å². The molecule has 2 aromatic rings. The Hall–Kier alpha value is -2.62. The lowest BCUT2D eigenvalue weighted by molar-refractivity contribution is -0.140. The minimum atomic E-state index is -0.534. The highest BCUT2D eigenvalue weighted by molar-refractivity contribution is 5.88. The summed E-state index contributed by atoms with van der Waals surface area (Å²) in [6, 6.07) is 15.4. The van der Waals surface area contributed by atoms with Gasteiger partial charge in [0.15, 0.2) is 0 Å². The van der Waals surface area contributed by atoms with Crippen molar-refractivity contribution in [3.05, 3.63) is 70.8 Å². The molecule has 0 aliphatic carbocycles. The molecule has 0 saturated carbocycles. The molecule has 2 rings (SSSR count). The van der Waals surface area contributed by atoms with Crippen LogP contribution in [0.4, 0.5) is 0 Å². The average Bonchev–Trinajstić information content (AvgIpc) is 2.69. The normalized spacial score (nSPS) is 12.9. The number of hydrogen-bond donors (Lipinski definition) is 1. The molecule has 28 heavy (non-hydrogen) atoms. The van der Waals surface area contributed by atoms with E-state index in [1.54, 1.807) is 11.8 Å². The van der Waals surface area contributed by atoms with E-state index in [0.717, 1.165) is 17.5 Å². The first-order valence-corrected chi connectivity index (χ1v) is 10.0. The van der Waals surface area contributed by atoms with E-state index < -0.39 is 6.04 Å². The molecule has 2 atom stereocenters. The number of amides is 2. The predicted octanol–water partition coefficient (Wildman–Crippen LogP) is 4.18. The molecule has 0 aromatic heterocycles. The van der Waals surface area contributed by atoms with E-state index in [9.17, 15) is 9.59 Å². The SMILES string of the molecule is CCC(C)NC(=O)C(C)N(Cc1ccccc1)C(=O)Cc1ccc(C)c(C)c1. The zero-order valence-electron chi connectivity index (χ0n) is 17.7. The van der Waals surface area contributed by atoms with Crippen molar-refractivity contribution in [3.8, 4) is 0 Å². The second-order valence-electron chi connectivity index (χ2n) is 7.60. The van der Waals surface area contributed by atoms with E-state index in [2.05, 4.69) is 18.3 Å². The van der Waals surface area contributed by atoms with Crippen LogP contribution in [0.1, 0.15) is 49.4 Å². The molecule has 0 aliphatic rings. The van der Waals surface area contributed by atoms with Gasteiger partial charge in [0.1, 0.15) is 6.04 Å². The van der Waals surface area contributed by atoms with Gasteiger partial charge >= 0.3 is 0 Å². The van der Waals surface area contributed by atoms with Gasteiger partial charge in [-0.05, 0) is 56.4 Å². The maximum absolute atomic E-state index is 13.2. The van der Waals surface area contributed by atoms with Crippen LogP contribution in [-0.2, 0) is 22.6 Å². The average molecular weight is 381 g/mol. The number of hydrogen-bond acceptors (Lipinski definition) is 2. The first-order chi connectivity index (χ1) is 13.3. The number of carbonyl (C=O) groups excluding carboxylic acids is 2. The Morgan fingerprint density at radius 2 is 1.64 bits per heavy atom. The monoisotopic (exact) mass is 380 g/mol. The molecule has 150 valence electrons. The molecule has 1 N–H and O–H groups in total. The third kappa shape index (κ3) is 5.95. The Bertz CT molecular complexity index is 802. The molecule has 2 amide bonds. The molecule has 0 saturated heterocycles. The molecule has 0 fully saturated rings. The van der Waals surface area contributed by atoms with Crippen LogP contribution in [0.3, 0.4) is 0 Å². The fourth-order valence-electron chi connectivity index (χ4n) is 3.02. The number of benzene rings is 2. The fourth-order valence-corrected chi connectivity index (χ4v) is 3.02. The van der Waals surface area contributed by atoms with Crippen LogP contribution in [0.15, 0.2) is 48.5 Å². The van der Waals surface area contributed by atoms with Gasteiger partial charge in [0.2, 0.25) is 11.8 Å². The number of rotatable bonds is 8. The zero-order chi connectivity index (χ0) is 20.7. The summed E-state index contributed by atoms with van der Waals surface area (Å²) in [6.07, 6.45) is 1.14.